The van der Waals surface area contributed by atoms with Crippen molar-refractivity contribution >= 4 is 0 Å². The highest BCUT2D eigenvalue weighted by Crippen LogP contribution is 2.21. The van der Waals surface area contributed by atoms with Crippen LogP contribution >= 0.6 is 0 Å². The Morgan fingerprint density at radius 2 is 1.82 bits per heavy atom. The zero-order chi connectivity index (χ0) is 8.69. The lowest BCUT2D eigenvalue weighted by Gasteiger charge is -2.15. The van der Waals surface area contributed by atoms with Gasteiger partial charge in [-0.05, 0) is 11.8 Å². The second kappa shape index (κ2) is 6.57. The zero-order valence-corrected chi connectivity index (χ0v) is 8.56. The molecule has 0 saturated carbocycles. The normalized spacial score (nSPS) is 16.0. The van der Waals surface area contributed by atoms with Crippen molar-refractivity contribution in [1.82, 2.24) is 0 Å². The molecule has 0 N–H and O–H groups in total. The molecule has 2 unspecified atom stereocenters. The van der Waals surface area contributed by atoms with Gasteiger partial charge in [-0.1, -0.05) is 40.0 Å². The summed E-state index contributed by atoms with van der Waals surface area (Å²) in [5, 5.41) is 0. The van der Waals surface area contributed by atoms with Gasteiger partial charge in [0.15, 0.2) is 0 Å². The van der Waals surface area contributed by atoms with Crippen molar-refractivity contribution in [3.05, 3.63) is 6.42 Å². The summed E-state index contributed by atoms with van der Waals surface area (Å²) in [7, 11) is 0. The summed E-state index contributed by atoms with van der Waals surface area (Å²) in [6.07, 6.45) is 7.71. The van der Waals surface area contributed by atoms with Crippen LogP contribution in [0.25, 0.3) is 0 Å². The lowest BCUT2D eigenvalue weighted by atomic mass is 9.88. The summed E-state index contributed by atoms with van der Waals surface area (Å²) in [6.45, 7) is 9.16. The van der Waals surface area contributed by atoms with Crippen molar-refractivity contribution in [2.24, 2.45) is 11.8 Å². The fraction of sp³-hybridized carbons (Fsp3) is 0.909. The lowest BCUT2D eigenvalue weighted by molar-refractivity contribution is 0.351. The molecule has 0 nitrogen and oxygen atoms in total. The Hall–Kier alpha value is -0.130. The van der Waals surface area contributed by atoms with Crippen molar-refractivity contribution in [2.75, 3.05) is 0 Å². The van der Waals surface area contributed by atoms with E-state index < -0.39 is 0 Å². The number of rotatable bonds is 6. The van der Waals surface area contributed by atoms with E-state index in [0.29, 0.717) is 0 Å². The molecule has 0 saturated heterocycles. The van der Waals surface area contributed by atoms with E-state index >= 15 is 0 Å². The van der Waals surface area contributed by atoms with Gasteiger partial charge in [0.25, 0.3) is 0 Å². The van der Waals surface area contributed by atoms with E-state index in [1.165, 1.54) is 25.7 Å². The number of hydrogen-bond donors (Lipinski definition) is 0. The van der Waals surface area contributed by atoms with Crippen molar-refractivity contribution in [3.63, 3.8) is 0 Å². The molecule has 0 radical (unpaired) electrons. The van der Waals surface area contributed by atoms with Crippen molar-refractivity contribution in [2.45, 2.75) is 53.4 Å². The Morgan fingerprint density at radius 3 is 2.27 bits per heavy atom. The van der Waals surface area contributed by atoms with Crippen LogP contribution in [0.3, 0.4) is 0 Å². The summed E-state index contributed by atoms with van der Waals surface area (Å²) in [5.41, 5.74) is 0. The topological polar surface area (TPSA) is 0 Å². The van der Waals surface area contributed by atoms with Crippen LogP contribution in [0.4, 0.5) is 0 Å². The minimum absolute atomic E-state index is 0.881. The molecule has 0 heteroatoms. The molecule has 2 atom stereocenters. The summed E-state index contributed by atoms with van der Waals surface area (Å²) in [4.78, 5) is 0. The molecule has 0 heterocycles. The van der Waals surface area contributed by atoms with Gasteiger partial charge in [0, 0.05) is 0 Å². The van der Waals surface area contributed by atoms with Crippen LogP contribution in [0, 0.1) is 18.3 Å². The predicted octanol–water partition coefficient (Wildman–Crippen LogP) is 4.06. The smallest absolute Gasteiger partial charge is 0.0654 e. The summed E-state index contributed by atoms with van der Waals surface area (Å²) in [6, 6.07) is 0. The molecule has 0 aliphatic rings. The quantitative estimate of drug-likeness (QED) is 0.507. The van der Waals surface area contributed by atoms with Crippen LogP contribution in [-0.2, 0) is 0 Å². The molecule has 11 heavy (non-hydrogen) atoms. The van der Waals surface area contributed by atoms with Gasteiger partial charge in [-0.25, -0.2) is 0 Å². The van der Waals surface area contributed by atoms with Crippen LogP contribution in [-0.4, -0.2) is 0 Å². The van der Waals surface area contributed by atoms with Gasteiger partial charge in [-0.2, -0.15) is 0 Å². The minimum Gasteiger partial charge on any atom is -0.0654 e. The van der Waals surface area contributed by atoms with Gasteiger partial charge in [0.1, 0.15) is 0 Å². The molecule has 0 rings (SSSR count). The van der Waals surface area contributed by atoms with Crippen molar-refractivity contribution in [1.29, 1.82) is 0 Å². The number of hydrogen-bond acceptors (Lipinski definition) is 0. The average molecular weight is 155 g/mol. The second-order valence-electron chi connectivity index (χ2n) is 3.74. The average Bonchev–Trinajstić information content (AvgIpc) is 2.00. The van der Waals surface area contributed by atoms with Crippen LogP contribution in [0.15, 0.2) is 0 Å². The maximum Gasteiger partial charge on any atom is 0.0900 e. The summed E-state index contributed by atoms with van der Waals surface area (Å²) < 4.78 is 0. The first-order chi connectivity index (χ1) is 5.22. The maximum atomic E-state index is 2.38. The second-order valence-corrected chi connectivity index (χ2v) is 3.74. The van der Waals surface area contributed by atoms with Gasteiger partial charge in [0.2, 0.25) is 0 Å². The van der Waals surface area contributed by atoms with E-state index in [4.69, 9.17) is 0 Å². The third-order valence-electron chi connectivity index (χ3n) is 2.59. The highest BCUT2D eigenvalue weighted by molar-refractivity contribution is 4.68. The van der Waals surface area contributed by atoms with E-state index in [0.717, 1.165) is 11.8 Å². The van der Waals surface area contributed by atoms with E-state index in [-0.39, 0.29) is 0 Å². The Morgan fingerprint density at radius 1 is 1.18 bits per heavy atom. The maximum absolute atomic E-state index is 2.38. The first-order valence-corrected chi connectivity index (χ1v) is 5.00. The van der Waals surface area contributed by atoms with Gasteiger partial charge < -0.3 is 0 Å². The molecule has 66 valence electrons. The third kappa shape index (κ3) is 5.17. The summed E-state index contributed by atoms with van der Waals surface area (Å²) >= 11 is 0. The molecular formula is C11H23+. The standard InChI is InChI=1S/C11H23/c1-5-7-9-11(4)10(3)8-6-2/h6,10-11H,5,7-9H2,1-4H3/q+1. The van der Waals surface area contributed by atoms with Crippen molar-refractivity contribution < 1.29 is 0 Å². The molecule has 0 aliphatic heterocycles. The molecule has 0 aromatic rings. The number of unbranched alkanes of at least 4 members (excludes halogenated alkanes) is 1. The predicted molar refractivity (Wildman–Crippen MR) is 52.4 cm³/mol. The van der Waals surface area contributed by atoms with Crippen molar-refractivity contribution in [3.8, 4) is 0 Å². The highest BCUT2D eigenvalue weighted by atomic mass is 14.1. The summed E-state index contributed by atoms with van der Waals surface area (Å²) in [5.74, 6) is 1.79. The van der Waals surface area contributed by atoms with E-state index in [9.17, 15) is 0 Å². The first kappa shape index (κ1) is 10.9. The first-order valence-electron chi connectivity index (χ1n) is 5.00. The van der Waals surface area contributed by atoms with E-state index in [2.05, 4.69) is 34.1 Å². The largest absolute Gasteiger partial charge is 0.0900 e. The lowest BCUT2D eigenvalue weighted by Crippen LogP contribution is -2.07. The monoisotopic (exact) mass is 155 g/mol. The minimum atomic E-state index is 0.881. The molecule has 0 spiro atoms. The van der Waals surface area contributed by atoms with E-state index in [1.807, 2.05) is 0 Å². The highest BCUT2D eigenvalue weighted by Gasteiger charge is 2.13. The molecule has 0 bridgehead atoms. The van der Waals surface area contributed by atoms with E-state index in [1.54, 1.807) is 0 Å². The molecule has 0 fully saturated rings. The SMILES string of the molecule is C[CH+]CC(C)C(C)CCCC. The van der Waals surface area contributed by atoms with Gasteiger partial charge in [-0.15, -0.1) is 0 Å². The Balaban J connectivity index is 3.38. The van der Waals surface area contributed by atoms with Crippen LogP contribution in [0.5, 0.6) is 0 Å². The molecule has 0 aromatic heterocycles. The van der Waals surface area contributed by atoms with Crippen LogP contribution in [0.2, 0.25) is 0 Å². The Labute approximate surface area is 72.4 Å². The van der Waals surface area contributed by atoms with Gasteiger partial charge in [0.05, 0.1) is 19.8 Å². The Bertz CT molecular complexity index is 76.1. The molecule has 0 amide bonds. The molecule has 0 aromatic carbocycles. The Kier molecular flexibility index (Phi) is 6.49. The molecular weight excluding hydrogens is 132 g/mol. The van der Waals surface area contributed by atoms with Crippen LogP contribution < -0.4 is 0 Å². The fourth-order valence-corrected chi connectivity index (χ4v) is 1.41. The molecule has 0 aliphatic carbocycles. The third-order valence-corrected chi connectivity index (χ3v) is 2.59. The van der Waals surface area contributed by atoms with Crippen LogP contribution in [0.1, 0.15) is 53.4 Å². The zero-order valence-electron chi connectivity index (χ0n) is 8.56. The van der Waals surface area contributed by atoms with Gasteiger partial charge >= 0.3 is 0 Å². The fourth-order valence-electron chi connectivity index (χ4n) is 1.41. The van der Waals surface area contributed by atoms with Gasteiger partial charge in [-0.3, -0.25) is 0 Å².